The zero-order valence-corrected chi connectivity index (χ0v) is 8.19. The zero-order valence-electron chi connectivity index (χ0n) is 8.19. The van der Waals surface area contributed by atoms with Crippen LogP contribution in [0.1, 0.15) is 11.7 Å². The molecule has 1 aromatic rings. The minimum Gasteiger partial charge on any atom is -0.371 e. The van der Waals surface area contributed by atoms with Gasteiger partial charge in [-0.15, -0.1) is 0 Å². The largest absolute Gasteiger partial charge is 0.371 e. The number of hydrogen-bond acceptors (Lipinski definition) is 4. The summed E-state index contributed by atoms with van der Waals surface area (Å²) < 4.78 is 5.49. The molecule has 1 N–H and O–H groups in total. The summed E-state index contributed by atoms with van der Waals surface area (Å²) in [7, 11) is 0. The lowest BCUT2D eigenvalue weighted by Gasteiger charge is -2.44. The van der Waals surface area contributed by atoms with Gasteiger partial charge in [0.1, 0.15) is 6.10 Å². The van der Waals surface area contributed by atoms with Crippen LogP contribution in [0.25, 0.3) is 0 Å². The van der Waals surface area contributed by atoms with Crippen molar-refractivity contribution >= 4 is 5.78 Å². The van der Waals surface area contributed by atoms with Crippen molar-refractivity contribution in [2.24, 2.45) is 5.41 Å². The van der Waals surface area contributed by atoms with E-state index in [0.29, 0.717) is 19.7 Å². The molecule has 3 heterocycles. The van der Waals surface area contributed by atoms with Gasteiger partial charge in [-0.1, -0.05) is 6.07 Å². The molecule has 1 aromatic heterocycles. The number of ketones is 1. The Morgan fingerprint density at radius 3 is 3.13 bits per heavy atom. The first-order valence-corrected chi connectivity index (χ1v) is 5.01. The van der Waals surface area contributed by atoms with Gasteiger partial charge in [0.25, 0.3) is 0 Å². The molecule has 2 fully saturated rings. The summed E-state index contributed by atoms with van der Waals surface area (Å²) in [6.07, 6.45) is 4.40. The van der Waals surface area contributed by atoms with E-state index in [4.69, 9.17) is 4.74 Å². The highest BCUT2D eigenvalue weighted by Crippen LogP contribution is 2.47. The van der Waals surface area contributed by atoms with Gasteiger partial charge >= 0.3 is 0 Å². The molecule has 1 radical (unpaired) electrons. The summed E-state index contributed by atoms with van der Waals surface area (Å²) >= 11 is 0. The summed E-state index contributed by atoms with van der Waals surface area (Å²) in [6, 6.07) is 3.75. The first-order chi connectivity index (χ1) is 7.33. The number of carbonyl (C=O) groups is 1. The quantitative estimate of drug-likeness (QED) is 0.704. The Bertz CT molecular complexity index is 393. The molecule has 3 rings (SSSR count). The van der Waals surface area contributed by atoms with E-state index in [1.165, 1.54) is 0 Å². The Morgan fingerprint density at radius 2 is 2.60 bits per heavy atom. The molecule has 0 aromatic carbocycles. The lowest BCUT2D eigenvalue weighted by atomic mass is 9.74. The van der Waals surface area contributed by atoms with Crippen molar-refractivity contribution in [3.05, 3.63) is 30.1 Å². The normalized spacial score (nSPS) is 34.4. The molecule has 4 nitrogen and oxygen atoms in total. The maximum absolute atomic E-state index is 11.8. The second-order valence-corrected chi connectivity index (χ2v) is 4.08. The van der Waals surface area contributed by atoms with Gasteiger partial charge in [-0.25, -0.2) is 0 Å². The Kier molecular flexibility index (Phi) is 1.87. The van der Waals surface area contributed by atoms with E-state index in [9.17, 15) is 4.79 Å². The van der Waals surface area contributed by atoms with Crippen LogP contribution in [-0.4, -0.2) is 30.5 Å². The Morgan fingerprint density at radius 1 is 1.67 bits per heavy atom. The predicted octanol–water partition coefficient (Wildman–Crippen LogP) is 0.112. The molecule has 2 saturated heterocycles. The van der Waals surface area contributed by atoms with Crippen molar-refractivity contribution < 1.29 is 9.53 Å². The first kappa shape index (κ1) is 9.00. The molecule has 2 unspecified atom stereocenters. The average Bonchev–Trinajstić information content (AvgIpc) is 2.62. The van der Waals surface area contributed by atoms with E-state index < -0.39 is 0 Å². The lowest BCUT2D eigenvalue weighted by molar-refractivity contribution is -0.186. The van der Waals surface area contributed by atoms with Crippen LogP contribution in [0.15, 0.2) is 18.3 Å². The average molecular weight is 203 g/mol. The van der Waals surface area contributed by atoms with E-state index in [1.807, 2.05) is 12.1 Å². The molecule has 2 aliphatic rings. The van der Waals surface area contributed by atoms with Crippen LogP contribution in [-0.2, 0) is 9.53 Å². The third kappa shape index (κ3) is 1.15. The molecular formula is C11H11N2O2. The lowest BCUT2D eigenvalue weighted by Crippen LogP contribution is -2.51. The number of rotatable bonds is 1. The minimum atomic E-state index is -0.348. The van der Waals surface area contributed by atoms with Gasteiger partial charge in [0.15, 0.2) is 5.78 Å². The monoisotopic (exact) mass is 203 g/mol. The SMILES string of the molecule is O=C1CNCC12COC2c1[c]nccc1. The third-order valence-corrected chi connectivity index (χ3v) is 3.20. The molecule has 0 amide bonds. The van der Waals surface area contributed by atoms with Crippen molar-refractivity contribution in [1.82, 2.24) is 10.3 Å². The maximum atomic E-state index is 11.8. The van der Waals surface area contributed by atoms with Gasteiger partial charge in [-0.2, -0.15) is 0 Å². The molecule has 1 spiro atoms. The summed E-state index contributed by atoms with van der Waals surface area (Å²) in [6.45, 7) is 1.69. The third-order valence-electron chi connectivity index (χ3n) is 3.20. The number of nitrogens with zero attached hydrogens (tertiary/aromatic N) is 1. The van der Waals surface area contributed by atoms with Gasteiger partial charge in [0, 0.05) is 18.3 Å². The zero-order chi connectivity index (χ0) is 10.3. The first-order valence-electron chi connectivity index (χ1n) is 5.01. The van der Waals surface area contributed by atoms with Gasteiger partial charge < -0.3 is 10.1 Å². The Labute approximate surface area is 87.7 Å². The Hall–Kier alpha value is -1.26. The van der Waals surface area contributed by atoms with Crippen LogP contribution < -0.4 is 5.32 Å². The van der Waals surface area contributed by atoms with Crippen LogP contribution in [0.5, 0.6) is 0 Å². The number of pyridine rings is 1. The van der Waals surface area contributed by atoms with E-state index in [-0.39, 0.29) is 17.3 Å². The second-order valence-electron chi connectivity index (χ2n) is 4.08. The Balaban J connectivity index is 1.93. The number of aromatic nitrogens is 1. The van der Waals surface area contributed by atoms with Crippen molar-refractivity contribution in [3.8, 4) is 0 Å². The molecule has 15 heavy (non-hydrogen) atoms. The van der Waals surface area contributed by atoms with Crippen LogP contribution >= 0.6 is 0 Å². The summed E-state index contributed by atoms with van der Waals surface area (Å²) in [4.78, 5) is 15.7. The molecule has 2 atom stereocenters. The van der Waals surface area contributed by atoms with Crippen LogP contribution in [0.2, 0.25) is 0 Å². The van der Waals surface area contributed by atoms with Crippen molar-refractivity contribution in [2.75, 3.05) is 19.7 Å². The van der Waals surface area contributed by atoms with E-state index in [1.54, 1.807) is 6.20 Å². The fraction of sp³-hybridized carbons (Fsp3) is 0.455. The van der Waals surface area contributed by atoms with Crippen LogP contribution in [0, 0.1) is 11.6 Å². The van der Waals surface area contributed by atoms with Crippen molar-refractivity contribution in [1.29, 1.82) is 0 Å². The fourth-order valence-electron chi connectivity index (χ4n) is 2.28. The highest BCUT2D eigenvalue weighted by atomic mass is 16.5. The molecule has 0 bridgehead atoms. The maximum Gasteiger partial charge on any atom is 0.159 e. The molecular weight excluding hydrogens is 192 g/mol. The highest BCUT2D eigenvalue weighted by molar-refractivity contribution is 5.90. The number of ether oxygens (including phenoxy) is 1. The summed E-state index contributed by atoms with van der Waals surface area (Å²) in [5.74, 6) is 0.246. The summed E-state index contributed by atoms with van der Waals surface area (Å²) in [5.41, 5.74) is 0.528. The molecule has 0 saturated carbocycles. The second kappa shape index (κ2) is 3.12. The minimum absolute atomic E-state index is 0.159. The highest BCUT2D eigenvalue weighted by Gasteiger charge is 2.56. The summed E-state index contributed by atoms with van der Waals surface area (Å²) in [5, 5.41) is 3.10. The van der Waals surface area contributed by atoms with E-state index >= 15 is 0 Å². The number of nitrogens with one attached hydrogen (secondary N) is 1. The number of carbonyl (C=O) groups excluding carboxylic acids is 1. The van der Waals surface area contributed by atoms with Crippen LogP contribution in [0.3, 0.4) is 0 Å². The van der Waals surface area contributed by atoms with Gasteiger partial charge in [0.05, 0.1) is 24.8 Å². The smallest absolute Gasteiger partial charge is 0.159 e. The van der Waals surface area contributed by atoms with Crippen molar-refractivity contribution in [2.45, 2.75) is 6.10 Å². The molecule has 4 heteroatoms. The van der Waals surface area contributed by atoms with Crippen LogP contribution in [0.4, 0.5) is 0 Å². The molecule has 2 aliphatic heterocycles. The molecule has 0 aliphatic carbocycles. The number of hydrogen-bond donors (Lipinski definition) is 1. The van der Waals surface area contributed by atoms with E-state index in [2.05, 4.69) is 16.5 Å². The molecule has 77 valence electrons. The van der Waals surface area contributed by atoms with Crippen molar-refractivity contribution in [3.63, 3.8) is 0 Å². The topological polar surface area (TPSA) is 51.2 Å². The van der Waals surface area contributed by atoms with Gasteiger partial charge in [-0.3, -0.25) is 9.78 Å². The predicted molar refractivity (Wildman–Crippen MR) is 52.1 cm³/mol. The standard InChI is InChI=1S/C11H11N2O2/c14-9-5-13-6-11(9)7-15-10(11)8-2-1-3-12-4-8/h1-3,10,13H,5-7H2. The fourth-order valence-corrected chi connectivity index (χ4v) is 2.28. The van der Waals surface area contributed by atoms with E-state index in [0.717, 1.165) is 5.56 Å². The van der Waals surface area contributed by atoms with Gasteiger partial charge in [-0.05, 0) is 6.07 Å². The number of Topliss-reactive ketones (excluding diaryl/α,β-unsaturated/α-hetero) is 1. The van der Waals surface area contributed by atoms with Gasteiger partial charge in [0.2, 0.25) is 0 Å².